The summed E-state index contributed by atoms with van der Waals surface area (Å²) in [4.78, 5) is 17.0. The Labute approximate surface area is 181 Å². The second-order valence-corrected chi connectivity index (χ2v) is 7.61. The van der Waals surface area contributed by atoms with Gasteiger partial charge < -0.3 is 15.0 Å². The molecule has 0 atom stereocenters. The third-order valence-corrected chi connectivity index (χ3v) is 5.23. The summed E-state index contributed by atoms with van der Waals surface area (Å²) in [5, 5.41) is 3.84. The fraction of sp³-hybridized carbons (Fsp3) is 0.318. The summed E-state index contributed by atoms with van der Waals surface area (Å²) in [7, 11) is 0. The zero-order valence-electron chi connectivity index (χ0n) is 16.2. The van der Waals surface area contributed by atoms with Crippen LogP contribution in [0.25, 0.3) is 6.08 Å². The lowest BCUT2D eigenvalue weighted by Gasteiger charge is -2.29. The first-order chi connectivity index (χ1) is 14.1. The molecule has 2 aromatic carbocycles. The number of hydrogen-bond acceptors (Lipinski definition) is 3. The lowest BCUT2D eigenvalue weighted by molar-refractivity contribution is 0.0355. The molecule has 1 N–H and O–H groups in total. The zero-order valence-corrected chi connectivity index (χ0v) is 17.7. The molecule has 29 heavy (non-hydrogen) atoms. The molecule has 0 spiro atoms. The van der Waals surface area contributed by atoms with Crippen molar-refractivity contribution in [1.29, 1.82) is 0 Å². The minimum absolute atomic E-state index is 0.194. The van der Waals surface area contributed by atoms with E-state index in [2.05, 4.69) is 10.2 Å². The van der Waals surface area contributed by atoms with E-state index in [4.69, 9.17) is 27.9 Å². The van der Waals surface area contributed by atoms with E-state index in [0.717, 1.165) is 38.4 Å². The number of hydrogen-bond donors (Lipinski definition) is 1. The largest absolute Gasteiger partial charge is 0.379 e. The van der Waals surface area contributed by atoms with Crippen LogP contribution in [0.5, 0.6) is 0 Å². The SMILES string of the molecule is O=C(Nc1ccc(Cl)cc1Cl)N(C/C=C/c1ccccc1)CCN1CCOCC1. The minimum atomic E-state index is -0.194. The molecule has 5 nitrogen and oxygen atoms in total. The summed E-state index contributed by atoms with van der Waals surface area (Å²) in [5.41, 5.74) is 1.64. The monoisotopic (exact) mass is 433 g/mol. The summed E-state index contributed by atoms with van der Waals surface area (Å²) in [5.74, 6) is 0. The van der Waals surface area contributed by atoms with Crippen molar-refractivity contribution in [3.63, 3.8) is 0 Å². The molecule has 0 aromatic heterocycles. The third kappa shape index (κ3) is 7.05. The van der Waals surface area contributed by atoms with Gasteiger partial charge >= 0.3 is 6.03 Å². The quantitative estimate of drug-likeness (QED) is 0.676. The van der Waals surface area contributed by atoms with E-state index in [0.29, 0.717) is 28.8 Å². The number of rotatable bonds is 7. The lowest BCUT2D eigenvalue weighted by atomic mass is 10.2. The van der Waals surface area contributed by atoms with Crippen LogP contribution < -0.4 is 5.32 Å². The van der Waals surface area contributed by atoms with E-state index in [-0.39, 0.29) is 6.03 Å². The summed E-state index contributed by atoms with van der Waals surface area (Å²) in [6, 6.07) is 14.9. The first-order valence-electron chi connectivity index (χ1n) is 9.64. The highest BCUT2D eigenvalue weighted by molar-refractivity contribution is 6.36. The topological polar surface area (TPSA) is 44.8 Å². The fourth-order valence-corrected chi connectivity index (χ4v) is 3.48. The maximum atomic E-state index is 12.9. The van der Waals surface area contributed by atoms with Gasteiger partial charge in [-0.05, 0) is 23.8 Å². The van der Waals surface area contributed by atoms with Gasteiger partial charge in [-0.1, -0.05) is 65.7 Å². The second-order valence-electron chi connectivity index (χ2n) is 6.77. The maximum Gasteiger partial charge on any atom is 0.322 e. The van der Waals surface area contributed by atoms with Crippen molar-refractivity contribution in [2.24, 2.45) is 0 Å². The molecule has 1 aliphatic rings. The number of nitrogens with one attached hydrogen (secondary N) is 1. The Bertz CT molecular complexity index is 824. The van der Waals surface area contributed by atoms with Gasteiger partial charge in [0.15, 0.2) is 0 Å². The number of amides is 2. The van der Waals surface area contributed by atoms with Crippen LogP contribution in [0.2, 0.25) is 10.0 Å². The highest BCUT2D eigenvalue weighted by Gasteiger charge is 2.17. The molecular formula is C22H25Cl2N3O2. The molecule has 2 amide bonds. The Balaban J connectivity index is 1.64. The Morgan fingerprint density at radius 3 is 2.62 bits per heavy atom. The van der Waals surface area contributed by atoms with Crippen LogP contribution in [0.3, 0.4) is 0 Å². The van der Waals surface area contributed by atoms with Gasteiger partial charge in [0, 0.05) is 37.7 Å². The number of carbonyl (C=O) groups excluding carboxylic acids is 1. The minimum Gasteiger partial charge on any atom is -0.379 e. The smallest absolute Gasteiger partial charge is 0.322 e. The van der Waals surface area contributed by atoms with Gasteiger partial charge in [-0.25, -0.2) is 4.79 Å². The Hall–Kier alpha value is -2.05. The molecule has 0 radical (unpaired) electrons. The highest BCUT2D eigenvalue weighted by atomic mass is 35.5. The Kier molecular flexibility index (Phi) is 8.38. The van der Waals surface area contributed by atoms with Crippen LogP contribution in [0.4, 0.5) is 10.5 Å². The normalized spacial score (nSPS) is 14.8. The summed E-state index contributed by atoms with van der Waals surface area (Å²) < 4.78 is 5.40. The first kappa shape index (κ1) is 21.7. The van der Waals surface area contributed by atoms with Gasteiger partial charge in [-0.3, -0.25) is 4.90 Å². The predicted octanol–water partition coefficient (Wildman–Crippen LogP) is 4.87. The average molecular weight is 434 g/mol. The molecule has 0 bridgehead atoms. The van der Waals surface area contributed by atoms with Gasteiger partial charge in [0.1, 0.15) is 0 Å². The summed E-state index contributed by atoms with van der Waals surface area (Å²) >= 11 is 12.2. The maximum absolute atomic E-state index is 12.9. The van der Waals surface area contributed by atoms with Crippen molar-refractivity contribution in [3.8, 4) is 0 Å². The van der Waals surface area contributed by atoms with Gasteiger partial charge in [0.25, 0.3) is 0 Å². The van der Waals surface area contributed by atoms with E-state index in [9.17, 15) is 4.79 Å². The predicted molar refractivity (Wildman–Crippen MR) is 120 cm³/mol. The molecule has 0 aliphatic carbocycles. The number of benzene rings is 2. The van der Waals surface area contributed by atoms with Crippen molar-refractivity contribution in [1.82, 2.24) is 9.80 Å². The standard InChI is InChI=1S/C22H25Cl2N3O2/c23-19-8-9-21(20(24)17-19)25-22(28)27(12-11-26-13-15-29-16-14-26)10-4-7-18-5-2-1-3-6-18/h1-9,17H,10-16H2,(H,25,28)/b7-4+. The van der Waals surface area contributed by atoms with Gasteiger partial charge in [-0.2, -0.15) is 0 Å². The number of anilines is 1. The average Bonchev–Trinajstić information content (AvgIpc) is 2.74. The van der Waals surface area contributed by atoms with Crippen molar-refractivity contribution >= 4 is 41.0 Å². The van der Waals surface area contributed by atoms with Crippen molar-refractivity contribution in [2.45, 2.75) is 0 Å². The van der Waals surface area contributed by atoms with Crippen LogP contribution >= 0.6 is 23.2 Å². The van der Waals surface area contributed by atoms with Crippen LogP contribution in [-0.4, -0.2) is 61.8 Å². The summed E-state index contributed by atoms with van der Waals surface area (Å²) in [6.45, 7) is 5.15. The molecule has 154 valence electrons. The number of nitrogens with zero attached hydrogens (tertiary/aromatic N) is 2. The van der Waals surface area contributed by atoms with E-state index >= 15 is 0 Å². The fourth-order valence-electron chi connectivity index (χ4n) is 3.03. The van der Waals surface area contributed by atoms with E-state index in [1.165, 1.54) is 0 Å². The molecule has 1 saturated heterocycles. The molecule has 1 aliphatic heterocycles. The first-order valence-corrected chi connectivity index (χ1v) is 10.4. The highest BCUT2D eigenvalue weighted by Crippen LogP contribution is 2.25. The van der Waals surface area contributed by atoms with Crippen molar-refractivity contribution in [2.75, 3.05) is 51.3 Å². The van der Waals surface area contributed by atoms with Crippen LogP contribution in [-0.2, 0) is 4.74 Å². The van der Waals surface area contributed by atoms with E-state index < -0.39 is 0 Å². The third-order valence-electron chi connectivity index (χ3n) is 4.69. The van der Waals surface area contributed by atoms with Gasteiger partial charge in [0.05, 0.1) is 23.9 Å². The number of halogens is 2. The Morgan fingerprint density at radius 2 is 1.90 bits per heavy atom. The molecule has 2 aromatic rings. The lowest BCUT2D eigenvalue weighted by Crippen LogP contribution is -2.44. The number of urea groups is 1. The number of morpholine rings is 1. The van der Waals surface area contributed by atoms with Gasteiger partial charge in [-0.15, -0.1) is 0 Å². The molecule has 0 unspecified atom stereocenters. The molecule has 3 rings (SSSR count). The second kappa shape index (κ2) is 11.2. The van der Waals surface area contributed by atoms with Crippen molar-refractivity contribution < 1.29 is 9.53 Å². The van der Waals surface area contributed by atoms with Gasteiger partial charge in [0.2, 0.25) is 0 Å². The van der Waals surface area contributed by atoms with Crippen LogP contribution in [0.1, 0.15) is 5.56 Å². The Morgan fingerprint density at radius 1 is 1.14 bits per heavy atom. The number of ether oxygens (including phenoxy) is 1. The van der Waals surface area contributed by atoms with Crippen molar-refractivity contribution in [3.05, 3.63) is 70.2 Å². The molecule has 1 heterocycles. The molecule has 1 fully saturated rings. The zero-order chi connectivity index (χ0) is 20.5. The molecule has 0 saturated carbocycles. The van der Waals surface area contributed by atoms with Crippen LogP contribution in [0, 0.1) is 0 Å². The van der Waals surface area contributed by atoms with E-state index in [1.807, 2.05) is 42.5 Å². The van der Waals surface area contributed by atoms with Crippen LogP contribution in [0.15, 0.2) is 54.6 Å². The van der Waals surface area contributed by atoms with E-state index in [1.54, 1.807) is 23.1 Å². The summed E-state index contributed by atoms with van der Waals surface area (Å²) in [6.07, 6.45) is 4.02. The number of carbonyl (C=O) groups is 1. The molecular weight excluding hydrogens is 409 g/mol. The molecule has 7 heteroatoms.